The first kappa shape index (κ1) is 19.7. The number of carbonyl (C=O) groups is 2. The van der Waals surface area contributed by atoms with Gasteiger partial charge in [-0.1, -0.05) is 17.7 Å². The highest BCUT2D eigenvalue weighted by Gasteiger charge is 2.12. The van der Waals surface area contributed by atoms with Crippen molar-refractivity contribution in [2.45, 2.75) is 19.9 Å². The van der Waals surface area contributed by atoms with Crippen LogP contribution in [0.15, 0.2) is 36.5 Å². The van der Waals surface area contributed by atoms with E-state index in [2.05, 4.69) is 15.6 Å². The Bertz CT molecular complexity index is 786. The second kappa shape index (κ2) is 9.72. The average molecular weight is 380 g/mol. The molecule has 1 aromatic heterocycles. The van der Waals surface area contributed by atoms with Gasteiger partial charge < -0.3 is 15.4 Å². The molecular weight excluding hydrogens is 361 g/mol. The summed E-state index contributed by atoms with van der Waals surface area (Å²) in [7, 11) is 0. The lowest BCUT2D eigenvalue weighted by Crippen LogP contribution is -2.30. The van der Waals surface area contributed by atoms with E-state index < -0.39 is 11.7 Å². The molecule has 2 N–H and O–H groups in total. The van der Waals surface area contributed by atoms with Gasteiger partial charge in [-0.3, -0.25) is 9.59 Å². The predicted molar refractivity (Wildman–Crippen MR) is 95.6 cm³/mol. The summed E-state index contributed by atoms with van der Waals surface area (Å²) in [5.41, 5.74) is 0.926. The first-order chi connectivity index (χ1) is 12.5. The Morgan fingerprint density at radius 1 is 1.27 bits per heavy atom. The van der Waals surface area contributed by atoms with Gasteiger partial charge in [-0.15, -0.1) is 0 Å². The van der Waals surface area contributed by atoms with Crippen LogP contribution in [0.4, 0.5) is 4.39 Å². The molecule has 0 radical (unpaired) electrons. The fourth-order valence-electron chi connectivity index (χ4n) is 2.17. The molecule has 0 unspecified atom stereocenters. The Labute approximate surface area is 155 Å². The van der Waals surface area contributed by atoms with Crippen LogP contribution >= 0.6 is 11.6 Å². The first-order valence-corrected chi connectivity index (χ1v) is 8.45. The van der Waals surface area contributed by atoms with Crippen LogP contribution in [0.1, 0.15) is 29.3 Å². The largest absolute Gasteiger partial charge is 0.478 e. The van der Waals surface area contributed by atoms with Gasteiger partial charge in [0.2, 0.25) is 11.8 Å². The highest BCUT2D eigenvalue weighted by molar-refractivity contribution is 6.33. The molecule has 8 heteroatoms. The Kier molecular flexibility index (Phi) is 7.35. The molecule has 0 saturated heterocycles. The van der Waals surface area contributed by atoms with Gasteiger partial charge in [-0.2, -0.15) is 0 Å². The van der Waals surface area contributed by atoms with Gasteiger partial charge in [-0.05, 0) is 31.2 Å². The summed E-state index contributed by atoms with van der Waals surface area (Å²) >= 11 is 5.83. The first-order valence-electron chi connectivity index (χ1n) is 8.08. The van der Waals surface area contributed by atoms with Crippen molar-refractivity contribution in [2.24, 2.45) is 0 Å². The zero-order valence-electron chi connectivity index (χ0n) is 14.2. The SMILES string of the molecule is CCOc1ncccc1CNC(=O)CCNC(=O)c1ccc(F)cc1Cl. The van der Waals surface area contributed by atoms with E-state index in [1.54, 1.807) is 12.3 Å². The predicted octanol–water partition coefficient (Wildman–Crippen LogP) is 2.71. The number of pyridine rings is 1. The molecule has 0 aliphatic heterocycles. The van der Waals surface area contributed by atoms with Crippen molar-refractivity contribution in [1.82, 2.24) is 15.6 Å². The molecule has 1 aromatic carbocycles. The van der Waals surface area contributed by atoms with Gasteiger partial charge in [0, 0.05) is 31.3 Å². The number of hydrogen-bond donors (Lipinski definition) is 2. The summed E-state index contributed by atoms with van der Waals surface area (Å²) in [6, 6.07) is 7.09. The number of nitrogens with zero attached hydrogens (tertiary/aromatic N) is 1. The van der Waals surface area contributed by atoms with Crippen molar-refractivity contribution in [3.63, 3.8) is 0 Å². The number of halogens is 2. The van der Waals surface area contributed by atoms with Crippen molar-refractivity contribution < 1.29 is 18.7 Å². The minimum atomic E-state index is -0.521. The third-order valence-corrected chi connectivity index (χ3v) is 3.73. The Hall–Kier alpha value is -2.67. The van der Waals surface area contributed by atoms with Crippen LogP contribution in [0.3, 0.4) is 0 Å². The Balaban J connectivity index is 1.78. The maximum Gasteiger partial charge on any atom is 0.252 e. The second-order valence-electron chi connectivity index (χ2n) is 5.31. The lowest BCUT2D eigenvalue weighted by atomic mass is 10.2. The lowest BCUT2D eigenvalue weighted by molar-refractivity contribution is -0.121. The summed E-state index contributed by atoms with van der Waals surface area (Å²) in [6.45, 7) is 2.74. The smallest absolute Gasteiger partial charge is 0.252 e. The molecule has 2 aromatic rings. The maximum atomic E-state index is 13.0. The van der Waals surface area contributed by atoms with Crippen LogP contribution in [-0.2, 0) is 11.3 Å². The van der Waals surface area contributed by atoms with Gasteiger partial charge in [0.1, 0.15) is 5.82 Å². The monoisotopic (exact) mass is 379 g/mol. The molecule has 6 nitrogen and oxygen atoms in total. The molecular formula is C18H19ClFN3O3. The molecule has 0 fully saturated rings. The molecule has 0 saturated carbocycles. The molecule has 0 bridgehead atoms. The number of hydrogen-bond acceptors (Lipinski definition) is 4. The van der Waals surface area contributed by atoms with Crippen molar-refractivity contribution in [3.05, 3.63) is 58.5 Å². The minimum absolute atomic E-state index is 0.0204. The Morgan fingerprint density at radius 3 is 2.81 bits per heavy atom. The van der Waals surface area contributed by atoms with Crippen LogP contribution in [-0.4, -0.2) is 29.9 Å². The third-order valence-electron chi connectivity index (χ3n) is 3.42. The standard InChI is InChI=1S/C18H19ClFN3O3/c1-2-26-18-12(4-3-8-22-18)11-23-16(24)7-9-21-17(25)14-6-5-13(20)10-15(14)19/h3-6,8,10H,2,7,9,11H2,1H3,(H,21,25)(H,23,24). The number of aromatic nitrogens is 1. The van der Waals surface area contributed by atoms with Crippen LogP contribution in [0, 0.1) is 5.82 Å². The van der Waals surface area contributed by atoms with E-state index in [0.29, 0.717) is 12.5 Å². The van der Waals surface area contributed by atoms with Crippen molar-refractivity contribution in [2.75, 3.05) is 13.2 Å². The number of amides is 2. The number of benzene rings is 1. The van der Waals surface area contributed by atoms with E-state index in [0.717, 1.165) is 17.7 Å². The zero-order chi connectivity index (χ0) is 18.9. The van der Waals surface area contributed by atoms with Gasteiger partial charge in [0.15, 0.2) is 0 Å². The van der Waals surface area contributed by atoms with Crippen molar-refractivity contribution in [3.8, 4) is 5.88 Å². The summed E-state index contributed by atoms with van der Waals surface area (Å²) in [4.78, 5) is 28.0. The number of nitrogens with one attached hydrogen (secondary N) is 2. The number of carbonyl (C=O) groups excluding carboxylic acids is 2. The van der Waals surface area contributed by atoms with Crippen LogP contribution in [0.25, 0.3) is 0 Å². The average Bonchev–Trinajstić information content (AvgIpc) is 2.61. The fraction of sp³-hybridized carbons (Fsp3) is 0.278. The molecule has 0 atom stereocenters. The van der Waals surface area contributed by atoms with Gasteiger partial charge in [-0.25, -0.2) is 9.37 Å². The van der Waals surface area contributed by atoms with Crippen molar-refractivity contribution >= 4 is 23.4 Å². The van der Waals surface area contributed by atoms with E-state index in [-0.39, 0.29) is 36.0 Å². The molecule has 26 heavy (non-hydrogen) atoms. The topological polar surface area (TPSA) is 80.3 Å². The van der Waals surface area contributed by atoms with Crippen LogP contribution < -0.4 is 15.4 Å². The van der Waals surface area contributed by atoms with Crippen molar-refractivity contribution in [1.29, 1.82) is 0 Å². The third kappa shape index (κ3) is 5.70. The second-order valence-corrected chi connectivity index (χ2v) is 5.71. The summed E-state index contributed by atoms with van der Waals surface area (Å²) in [5.74, 6) is -0.738. The maximum absolute atomic E-state index is 13.0. The molecule has 138 valence electrons. The molecule has 0 spiro atoms. The van der Waals surface area contributed by atoms with E-state index in [4.69, 9.17) is 16.3 Å². The number of ether oxygens (including phenoxy) is 1. The molecule has 0 aliphatic carbocycles. The van der Waals surface area contributed by atoms with Gasteiger partial charge in [0.05, 0.1) is 17.2 Å². The summed E-state index contributed by atoms with van der Waals surface area (Å²) < 4.78 is 18.4. The molecule has 1 heterocycles. The van der Waals surface area contributed by atoms with Crippen LogP contribution in [0.5, 0.6) is 5.88 Å². The zero-order valence-corrected chi connectivity index (χ0v) is 15.0. The van der Waals surface area contributed by atoms with Gasteiger partial charge >= 0.3 is 0 Å². The number of rotatable bonds is 8. The van der Waals surface area contributed by atoms with E-state index in [1.165, 1.54) is 6.07 Å². The van der Waals surface area contributed by atoms with E-state index >= 15 is 0 Å². The van der Waals surface area contributed by atoms with E-state index in [9.17, 15) is 14.0 Å². The summed E-state index contributed by atoms with van der Waals surface area (Å²) in [6.07, 6.45) is 1.71. The molecule has 2 rings (SSSR count). The van der Waals surface area contributed by atoms with E-state index in [1.807, 2.05) is 13.0 Å². The van der Waals surface area contributed by atoms with Crippen LogP contribution in [0.2, 0.25) is 5.02 Å². The lowest BCUT2D eigenvalue weighted by Gasteiger charge is -2.10. The minimum Gasteiger partial charge on any atom is -0.478 e. The summed E-state index contributed by atoms with van der Waals surface area (Å²) in [5, 5.41) is 5.34. The Morgan fingerprint density at radius 2 is 2.08 bits per heavy atom. The quantitative estimate of drug-likeness (QED) is 0.739. The fourth-order valence-corrected chi connectivity index (χ4v) is 2.42. The molecule has 2 amide bonds. The molecule has 0 aliphatic rings. The van der Waals surface area contributed by atoms with Gasteiger partial charge in [0.25, 0.3) is 5.91 Å². The highest BCUT2D eigenvalue weighted by Crippen LogP contribution is 2.17. The highest BCUT2D eigenvalue weighted by atomic mass is 35.5. The normalized spacial score (nSPS) is 10.3.